The molecule has 2 saturated heterocycles. The lowest BCUT2D eigenvalue weighted by molar-refractivity contribution is 0.122. The number of cyclic esters (lactones) is 1. The molecule has 1 atom stereocenters. The highest BCUT2D eigenvalue weighted by molar-refractivity contribution is 5.89. The van der Waals surface area contributed by atoms with Gasteiger partial charge in [-0.2, -0.15) is 0 Å². The molecule has 0 saturated carbocycles. The summed E-state index contributed by atoms with van der Waals surface area (Å²) in [4.78, 5) is 14.8. The van der Waals surface area contributed by atoms with Gasteiger partial charge in [0.25, 0.3) is 0 Å². The first-order valence-electron chi connectivity index (χ1n) is 6.51. The third-order valence-corrected chi connectivity index (χ3v) is 3.43. The number of benzene rings is 1. The van der Waals surface area contributed by atoms with E-state index in [0.29, 0.717) is 37.7 Å². The van der Waals surface area contributed by atoms with E-state index >= 15 is 0 Å². The van der Waals surface area contributed by atoms with Gasteiger partial charge in [-0.3, -0.25) is 10.6 Å². The number of amides is 1. The molecule has 3 rings (SSSR count). The summed E-state index contributed by atoms with van der Waals surface area (Å²) in [7, 11) is 0. The molecular weight excluding hydrogens is 265 g/mol. The third kappa shape index (κ3) is 2.41. The van der Waals surface area contributed by atoms with E-state index < -0.39 is 12.3 Å². The topological polar surface area (TPSA) is 68.0 Å². The zero-order valence-electron chi connectivity index (χ0n) is 10.9. The molecule has 6 nitrogen and oxygen atoms in total. The highest BCUT2D eigenvalue weighted by Gasteiger charge is 2.30. The van der Waals surface area contributed by atoms with Crippen LogP contribution in [0.15, 0.2) is 18.2 Å². The van der Waals surface area contributed by atoms with Crippen molar-refractivity contribution in [2.45, 2.75) is 6.23 Å². The number of carbonyl (C=O) groups is 1. The van der Waals surface area contributed by atoms with E-state index in [0.717, 1.165) is 0 Å². The van der Waals surface area contributed by atoms with Crippen molar-refractivity contribution in [3.05, 3.63) is 24.0 Å². The van der Waals surface area contributed by atoms with Crippen molar-refractivity contribution in [3.8, 4) is 0 Å². The van der Waals surface area contributed by atoms with Gasteiger partial charge in [0, 0.05) is 13.1 Å². The van der Waals surface area contributed by atoms with Crippen LogP contribution in [-0.2, 0) is 9.47 Å². The van der Waals surface area contributed by atoms with Gasteiger partial charge in [0.2, 0.25) is 0 Å². The fourth-order valence-electron chi connectivity index (χ4n) is 2.42. The summed E-state index contributed by atoms with van der Waals surface area (Å²) >= 11 is 0. The van der Waals surface area contributed by atoms with Crippen LogP contribution >= 0.6 is 0 Å². The Morgan fingerprint density at radius 3 is 2.65 bits per heavy atom. The Hall–Kier alpha value is -1.86. The Bertz CT molecular complexity index is 520. The highest BCUT2D eigenvalue weighted by atomic mass is 19.1. The van der Waals surface area contributed by atoms with Crippen LogP contribution in [0.4, 0.5) is 20.6 Å². The van der Waals surface area contributed by atoms with Crippen LogP contribution in [0, 0.1) is 5.82 Å². The van der Waals surface area contributed by atoms with E-state index in [2.05, 4.69) is 0 Å². The van der Waals surface area contributed by atoms with Crippen LogP contribution in [0.1, 0.15) is 0 Å². The summed E-state index contributed by atoms with van der Waals surface area (Å²) in [6.45, 7) is 2.73. The predicted octanol–water partition coefficient (Wildman–Crippen LogP) is 0.904. The molecule has 0 bridgehead atoms. The maximum atomic E-state index is 14.2. The molecule has 0 radical (unpaired) electrons. The average Bonchev–Trinajstić information content (AvgIpc) is 2.78. The van der Waals surface area contributed by atoms with Gasteiger partial charge in [-0.1, -0.05) is 0 Å². The first kappa shape index (κ1) is 13.1. The van der Waals surface area contributed by atoms with Gasteiger partial charge in [0.15, 0.2) is 6.23 Å². The molecule has 1 aromatic carbocycles. The Balaban J connectivity index is 1.82. The Kier molecular flexibility index (Phi) is 3.45. The van der Waals surface area contributed by atoms with Gasteiger partial charge in [-0.05, 0) is 18.2 Å². The van der Waals surface area contributed by atoms with Gasteiger partial charge in [-0.15, -0.1) is 0 Å². The monoisotopic (exact) mass is 281 g/mol. The smallest absolute Gasteiger partial charge is 0.416 e. The van der Waals surface area contributed by atoms with Crippen LogP contribution in [0.5, 0.6) is 0 Å². The van der Waals surface area contributed by atoms with Crippen LogP contribution in [0.25, 0.3) is 0 Å². The first-order valence-corrected chi connectivity index (χ1v) is 6.51. The second kappa shape index (κ2) is 5.26. The molecule has 2 N–H and O–H groups in total. The summed E-state index contributed by atoms with van der Waals surface area (Å²) in [6, 6.07) is 4.71. The van der Waals surface area contributed by atoms with Crippen LogP contribution in [0.2, 0.25) is 0 Å². The molecule has 2 aliphatic rings. The Labute approximate surface area is 115 Å². The Morgan fingerprint density at radius 1 is 1.30 bits per heavy atom. The molecule has 0 unspecified atom stereocenters. The number of nitrogens with two attached hydrogens (primary N) is 1. The molecular formula is C13H16FN3O3. The van der Waals surface area contributed by atoms with Gasteiger partial charge in [-0.25, -0.2) is 9.18 Å². The molecule has 7 heteroatoms. The molecule has 2 fully saturated rings. The number of rotatable bonds is 2. The van der Waals surface area contributed by atoms with E-state index in [1.807, 2.05) is 4.90 Å². The summed E-state index contributed by atoms with van der Waals surface area (Å²) in [5.41, 5.74) is 6.52. The second-order valence-electron chi connectivity index (χ2n) is 4.77. The summed E-state index contributed by atoms with van der Waals surface area (Å²) < 4.78 is 24.3. The van der Waals surface area contributed by atoms with E-state index in [1.165, 1.54) is 11.0 Å². The number of carbonyl (C=O) groups excluding carboxylic acids is 1. The van der Waals surface area contributed by atoms with Crippen molar-refractivity contribution in [2.75, 3.05) is 42.6 Å². The first-order chi connectivity index (χ1) is 9.65. The van der Waals surface area contributed by atoms with Crippen LogP contribution < -0.4 is 15.5 Å². The standard InChI is InChI=1S/C13H16FN3O3/c14-10-7-9(17-8-12(15)20-13(17)18)1-2-11(10)16-3-5-19-6-4-16/h1-2,7,12H,3-6,8,15H2/t12-/m1/s1. The third-order valence-electron chi connectivity index (χ3n) is 3.43. The largest absolute Gasteiger partial charge is 0.428 e. The summed E-state index contributed by atoms with van der Waals surface area (Å²) in [5.74, 6) is -0.363. The maximum Gasteiger partial charge on any atom is 0.416 e. The molecule has 20 heavy (non-hydrogen) atoms. The van der Waals surface area contributed by atoms with Crippen molar-refractivity contribution in [2.24, 2.45) is 5.73 Å². The van der Waals surface area contributed by atoms with Crippen molar-refractivity contribution in [1.29, 1.82) is 0 Å². The minimum Gasteiger partial charge on any atom is -0.428 e. The Morgan fingerprint density at radius 2 is 2.05 bits per heavy atom. The van der Waals surface area contributed by atoms with Gasteiger partial charge >= 0.3 is 6.09 Å². The van der Waals surface area contributed by atoms with Crippen molar-refractivity contribution >= 4 is 17.5 Å². The zero-order valence-corrected chi connectivity index (χ0v) is 10.9. The lowest BCUT2D eigenvalue weighted by Crippen LogP contribution is -2.36. The molecule has 1 amide bonds. The van der Waals surface area contributed by atoms with E-state index in [9.17, 15) is 9.18 Å². The van der Waals surface area contributed by atoms with Crippen LogP contribution in [0.3, 0.4) is 0 Å². The lowest BCUT2D eigenvalue weighted by atomic mass is 10.2. The van der Waals surface area contributed by atoms with E-state index in [-0.39, 0.29) is 12.4 Å². The number of anilines is 2. The van der Waals surface area contributed by atoms with E-state index in [4.69, 9.17) is 15.2 Å². The van der Waals surface area contributed by atoms with Crippen molar-refractivity contribution < 1.29 is 18.7 Å². The number of nitrogens with zero attached hydrogens (tertiary/aromatic N) is 2. The minimum atomic E-state index is -0.663. The van der Waals surface area contributed by atoms with Crippen LogP contribution in [-0.4, -0.2) is 45.2 Å². The second-order valence-corrected chi connectivity index (χ2v) is 4.77. The molecule has 0 spiro atoms. The normalized spacial score (nSPS) is 23.1. The van der Waals surface area contributed by atoms with Crippen molar-refractivity contribution in [1.82, 2.24) is 0 Å². The number of hydrogen-bond acceptors (Lipinski definition) is 5. The molecule has 2 heterocycles. The maximum absolute atomic E-state index is 14.2. The van der Waals surface area contributed by atoms with E-state index in [1.54, 1.807) is 12.1 Å². The molecule has 108 valence electrons. The lowest BCUT2D eigenvalue weighted by Gasteiger charge is -2.29. The van der Waals surface area contributed by atoms with Gasteiger partial charge in [0.1, 0.15) is 5.82 Å². The average molecular weight is 281 g/mol. The number of hydrogen-bond donors (Lipinski definition) is 1. The predicted molar refractivity (Wildman–Crippen MR) is 71.2 cm³/mol. The fourth-order valence-corrected chi connectivity index (χ4v) is 2.42. The summed E-state index contributed by atoms with van der Waals surface area (Å²) in [6.07, 6.45) is -1.21. The molecule has 2 aliphatic heterocycles. The highest BCUT2D eigenvalue weighted by Crippen LogP contribution is 2.27. The van der Waals surface area contributed by atoms with Crippen molar-refractivity contribution in [3.63, 3.8) is 0 Å². The van der Waals surface area contributed by atoms with Gasteiger partial charge < -0.3 is 14.4 Å². The molecule has 0 aliphatic carbocycles. The number of halogens is 1. The number of morpholine rings is 1. The van der Waals surface area contributed by atoms with Gasteiger partial charge in [0.05, 0.1) is 31.1 Å². The quantitative estimate of drug-likeness (QED) is 0.872. The SMILES string of the molecule is N[C@H]1CN(c2ccc(N3CCOCC3)c(F)c2)C(=O)O1. The molecule has 0 aromatic heterocycles. The minimum absolute atomic E-state index is 0.231. The zero-order chi connectivity index (χ0) is 14.1. The number of ether oxygens (including phenoxy) is 2. The molecule has 1 aromatic rings. The summed E-state index contributed by atoms with van der Waals surface area (Å²) in [5, 5.41) is 0. The fraction of sp³-hybridized carbons (Fsp3) is 0.462.